The van der Waals surface area contributed by atoms with Gasteiger partial charge in [0.15, 0.2) is 11.5 Å². The number of anilines is 1. The van der Waals surface area contributed by atoms with Crippen LogP contribution in [0.3, 0.4) is 0 Å². The van der Waals surface area contributed by atoms with E-state index in [9.17, 15) is 4.79 Å². The monoisotopic (exact) mass is 415 g/mol. The average molecular weight is 416 g/mol. The number of hydrogen-bond donors (Lipinski definition) is 1. The number of hydrazone groups is 1. The summed E-state index contributed by atoms with van der Waals surface area (Å²) >= 11 is 7.41. The molecular weight excluding hydrogens is 398 g/mol. The zero-order valence-corrected chi connectivity index (χ0v) is 16.9. The third kappa shape index (κ3) is 5.31. The quantitative estimate of drug-likeness (QED) is 0.249. The molecule has 144 valence electrons. The maximum Gasteiger partial charge on any atom is 0.343 e. The molecule has 3 aromatic rings. The van der Waals surface area contributed by atoms with Crippen molar-refractivity contribution in [3.05, 3.63) is 69.7 Å². The van der Waals surface area contributed by atoms with E-state index in [1.54, 1.807) is 48.7 Å². The van der Waals surface area contributed by atoms with Crippen molar-refractivity contribution in [3.63, 3.8) is 0 Å². The molecule has 28 heavy (non-hydrogen) atoms. The number of thiazole rings is 1. The van der Waals surface area contributed by atoms with Crippen LogP contribution in [-0.4, -0.2) is 23.8 Å². The number of esters is 1. The minimum absolute atomic E-state index is 0.326. The summed E-state index contributed by atoms with van der Waals surface area (Å²) in [6, 6.07) is 11.8. The summed E-state index contributed by atoms with van der Waals surface area (Å²) in [7, 11) is 0. The van der Waals surface area contributed by atoms with Gasteiger partial charge in [-0.05, 0) is 55.8 Å². The average Bonchev–Trinajstić information content (AvgIpc) is 3.09. The Morgan fingerprint density at radius 2 is 2.14 bits per heavy atom. The molecule has 3 rings (SSSR count). The van der Waals surface area contributed by atoms with Crippen molar-refractivity contribution in [3.8, 4) is 11.5 Å². The van der Waals surface area contributed by atoms with Gasteiger partial charge in [-0.1, -0.05) is 17.7 Å². The van der Waals surface area contributed by atoms with Gasteiger partial charge in [0, 0.05) is 10.4 Å². The Bertz CT molecular complexity index is 1000. The summed E-state index contributed by atoms with van der Waals surface area (Å²) in [5.74, 6) is 0.269. The molecule has 8 heteroatoms. The predicted octanol–water partition coefficient (Wildman–Crippen LogP) is 5.17. The molecule has 6 nitrogen and oxygen atoms in total. The van der Waals surface area contributed by atoms with Gasteiger partial charge in [-0.25, -0.2) is 9.78 Å². The maximum absolute atomic E-state index is 12.4. The molecule has 0 fully saturated rings. The molecule has 0 spiro atoms. The zero-order chi connectivity index (χ0) is 19.9. The highest BCUT2D eigenvalue weighted by Crippen LogP contribution is 2.29. The number of nitrogens with zero attached hydrogens (tertiary/aromatic N) is 2. The van der Waals surface area contributed by atoms with Gasteiger partial charge in [0.05, 0.1) is 24.1 Å². The standard InChI is InChI=1S/C20H18ClN3O3S/c1-3-26-18-9-14(11-22-24-20-23-13(2)12-28-20)7-8-17(18)27-19(25)15-5-4-6-16(21)10-15/h4-12H,3H2,1-2H3,(H,23,24)/b22-11-. The minimum Gasteiger partial charge on any atom is -0.490 e. The molecule has 0 bridgehead atoms. The van der Waals surface area contributed by atoms with Crippen LogP contribution in [0, 0.1) is 6.92 Å². The first-order valence-electron chi connectivity index (χ1n) is 8.51. The van der Waals surface area contributed by atoms with E-state index in [-0.39, 0.29) is 0 Å². The fraction of sp³-hybridized carbons (Fsp3) is 0.150. The van der Waals surface area contributed by atoms with Crippen LogP contribution < -0.4 is 14.9 Å². The summed E-state index contributed by atoms with van der Waals surface area (Å²) in [5, 5.41) is 7.29. The number of carbonyl (C=O) groups is 1. The lowest BCUT2D eigenvalue weighted by atomic mass is 10.2. The first kappa shape index (κ1) is 19.9. The van der Waals surface area contributed by atoms with Crippen molar-refractivity contribution in [2.75, 3.05) is 12.0 Å². The van der Waals surface area contributed by atoms with E-state index in [1.807, 2.05) is 19.2 Å². The minimum atomic E-state index is -0.509. The Balaban J connectivity index is 1.74. The van der Waals surface area contributed by atoms with Crippen LogP contribution in [0.25, 0.3) is 0 Å². The second-order valence-corrected chi connectivity index (χ2v) is 7.00. The van der Waals surface area contributed by atoms with E-state index in [1.165, 1.54) is 11.3 Å². The summed E-state index contributed by atoms with van der Waals surface area (Å²) in [5.41, 5.74) is 4.96. The maximum atomic E-state index is 12.4. The smallest absolute Gasteiger partial charge is 0.343 e. The fourth-order valence-corrected chi connectivity index (χ4v) is 3.13. The van der Waals surface area contributed by atoms with Gasteiger partial charge in [-0.15, -0.1) is 11.3 Å². The van der Waals surface area contributed by atoms with Crippen LogP contribution in [-0.2, 0) is 0 Å². The van der Waals surface area contributed by atoms with Crippen LogP contribution in [0.1, 0.15) is 28.5 Å². The number of rotatable bonds is 7. The molecule has 0 saturated carbocycles. The molecule has 1 heterocycles. The van der Waals surface area contributed by atoms with E-state index in [4.69, 9.17) is 21.1 Å². The molecule has 0 amide bonds. The highest BCUT2D eigenvalue weighted by Gasteiger charge is 2.13. The summed E-state index contributed by atoms with van der Waals surface area (Å²) < 4.78 is 11.1. The van der Waals surface area contributed by atoms with E-state index in [2.05, 4.69) is 15.5 Å². The molecule has 2 aromatic carbocycles. The SMILES string of the molecule is CCOc1cc(/C=N\Nc2nc(C)cs2)ccc1OC(=O)c1cccc(Cl)c1. The Hall–Kier alpha value is -2.90. The molecule has 1 N–H and O–H groups in total. The Kier molecular flexibility index (Phi) is 6.62. The van der Waals surface area contributed by atoms with E-state index >= 15 is 0 Å². The van der Waals surface area contributed by atoms with Crippen LogP contribution in [0.4, 0.5) is 5.13 Å². The molecule has 0 aliphatic rings. The molecule has 0 aliphatic carbocycles. The van der Waals surface area contributed by atoms with Gasteiger partial charge in [-0.3, -0.25) is 5.43 Å². The van der Waals surface area contributed by atoms with Crippen molar-refractivity contribution < 1.29 is 14.3 Å². The molecule has 0 aliphatic heterocycles. The molecule has 0 radical (unpaired) electrons. The number of ether oxygens (including phenoxy) is 2. The third-order valence-electron chi connectivity index (χ3n) is 3.52. The summed E-state index contributed by atoms with van der Waals surface area (Å²) in [4.78, 5) is 16.6. The van der Waals surface area contributed by atoms with E-state index < -0.39 is 5.97 Å². The second-order valence-electron chi connectivity index (χ2n) is 5.70. The first-order chi connectivity index (χ1) is 13.5. The number of benzene rings is 2. The number of nitrogens with one attached hydrogen (secondary N) is 1. The fourth-order valence-electron chi connectivity index (χ4n) is 2.30. The Labute approximate surface area is 171 Å². The zero-order valence-electron chi connectivity index (χ0n) is 15.3. The van der Waals surface area contributed by atoms with Crippen molar-refractivity contribution in [2.45, 2.75) is 13.8 Å². The Morgan fingerprint density at radius 3 is 2.86 bits per heavy atom. The topological polar surface area (TPSA) is 72.8 Å². The van der Waals surface area contributed by atoms with Crippen molar-refractivity contribution in [1.29, 1.82) is 0 Å². The molecule has 1 aromatic heterocycles. The number of hydrogen-bond acceptors (Lipinski definition) is 7. The highest BCUT2D eigenvalue weighted by molar-refractivity contribution is 7.13. The van der Waals surface area contributed by atoms with Crippen molar-refractivity contribution in [1.82, 2.24) is 4.98 Å². The van der Waals surface area contributed by atoms with E-state index in [0.717, 1.165) is 11.3 Å². The normalized spacial score (nSPS) is 10.8. The number of carbonyl (C=O) groups excluding carboxylic acids is 1. The summed E-state index contributed by atoms with van der Waals surface area (Å²) in [6.07, 6.45) is 1.64. The summed E-state index contributed by atoms with van der Waals surface area (Å²) in [6.45, 7) is 4.21. The number of halogens is 1. The lowest BCUT2D eigenvalue weighted by Crippen LogP contribution is -2.09. The van der Waals surface area contributed by atoms with Gasteiger partial charge in [0.25, 0.3) is 0 Å². The van der Waals surface area contributed by atoms with Gasteiger partial charge >= 0.3 is 5.97 Å². The van der Waals surface area contributed by atoms with Gasteiger partial charge in [-0.2, -0.15) is 5.10 Å². The van der Waals surface area contributed by atoms with Crippen LogP contribution >= 0.6 is 22.9 Å². The van der Waals surface area contributed by atoms with Gasteiger partial charge < -0.3 is 9.47 Å². The van der Waals surface area contributed by atoms with Crippen LogP contribution in [0.2, 0.25) is 5.02 Å². The van der Waals surface area contributed by atoms with E-state index in [0.29, 0.717) is 33.8 Å². The lowest BCUT2D eigenvalue weighted by Gasteiger charge is -2.11. The molecule has 0 saturated heterocycles. The van der Waals surface area contributed by atoms with Crippen LogP contribution in [0.15, 0.2) is 52.9 Å². The van der Waals surface area contributed by atoms with Gasteiger partial charge in [0.1, 0.15) is 0 Å². The first-order valence-corrected chi connectivity index (χ1v) is 9.76. The number of aryl methyl sites for hydroxylation is 1. The third-order valence-corrected chi connectivity index (χ3v) is 4.62. The van der Waals surface area contributed by atoms with Gasteiger partial charge in [0.2, 0.25) is 5.13 Å². The lowest BCUT2D eigenvalue weighted by molar-refractivity contribution is 0.0728. The second kappa shape index (κ2) is 9.34. The molecular formula is C20H18ClN3O3S. The molecule has 0 atom stereocenters. The molecule has 0 unspecified atom stereocenters. The van der Waals surface area contributed by atoms with Crippen LogP contribution in [0.5, 0.6) is 11.5 Å². The highest BCUT2D eigenvalue weighted by atomic mass is 35.5. The number of aromatic nitrogens is 1. The van der Waals surface area contributed by atoms with Crippen molar-refractivity contribution >= 4 is 40.3 Å². The Morgan fingerprint density at radius 1 is 1.29 bits per heavy atom. The largest absolute Gasteiger partial charge is 0.490 e. The van der Waals surface area contributed by atoms with Crippen molar-refractivity contribution in [2.24, 2.45) is 5.10 Å². The predicted molar refractivity (Wildman–Crippen MR) is 112 cm³/mol.